The van der Waals surface area contributed by atoms with Gasteiger partial charge < -0.3 is 5.32 Å². The molecule has 0 amide bonds. The van der Waals surface area contributed by atoms with Crippen LogP contribution in [-0.4, -0.2) is 41.8 Å². The molecular formula is C20H22ClN3O3. The molecule has 1 aliphatic rings. The zero-order chi connectivity index (χ0) is 19.2. The number of rotatable bonds is 8. The number of nitrogens with one attached hydrogen (secondary N) is 1. The fraction of sp³-hybridized carbons (Fsp3) is 0.350. The van der Waals surface area contributed by atoms with Crippen molar-refractivity contribution in [3.63, 3.8) is 0 Å². The number of carbonyl (C=O) groups is 1. The summed E-state index contributed by atoms with van der Waals surface area (Å²) in [6.07, 6.45) is 2.34. The molecule has 3 rings (SSSR count). The Labute approximate surface area is 163 Å². The first-order valence-electron chi connectivity index (χ1n) is 9.03. The molecular weight excluding hydrogens is 366 g/mol. The van der Waals surface area contributed by atoms with E-state index in [1.807, 2.05) is 24.3 Å². The second-order valence-electron chi connectivity index (χ2n) is 6.64. The highest BCUT2D eigenvalue weighted by molar-refractivity contribution is 6.31. The summed E-state index contributed by atoms with van der Waals surface area (Å²) >= 11 is 6.40. The van der Waals surface area contributed by atoms with Gasteiger partial charge in [0.2, 0.25) is 0 Å². The molecule has 1 N–H and O–H groups in total. The molecule has 6 nitrogen and oxygen atoms in total. The van der Waals surface area contributed by atoms with Crippen LogP contribution < -0.4 is 5.32 Å². The molecule has 0 aromatic heterocycles. The number of nitro groups is 1. The standard InChI is InChI=1S/C20H22ClN3O3/c21-18-6-2-1-5-17(18)19(23-11-3-4-12-23)13-22-14-20(25)15-7-9-16(10-8-15)24(26)27/h1-2,5-10,19,22H,3-4,11-14H2. The van der Waals surface area contributed by atoms with Crippen molar-refractivity contribution in [1.29, 1.82) is 0 Å². The number of hydrogen-bond donors (Lipinski definition) is 1. The Kier molecular flexibility index (Phi) is 6.55. The number of nitrogens with zero attached hydrogens (tertiary/aromatic N) is 2. The molecule has 27 heavy (non-hydrogen) atoms. The normalized spacial score (nSPS) is 15.6. The van der Waals surface area contributed by atoms with Crippen LogP contribution >= 0.6 is 11.6 Å². The number of non-ortho nitro benzene ring substituents is 1. The summed E-state index contributed by atoms with van der Waals surface area (Å²) in [6, 6.07) is 13.6. The van der Waals surface area contributed by atoms with E-state index >= 15 is 0 Å². The lowest BCUT2D eigenvalue weighted by atomic mass is 10.0. The zero-order valence-electron chi connectivity index (χ0n) is 14.9. The van der Waals surface area contributed by atoms with Crippen LogP contribution in [0.5, 0.6) is 0 Å². The van der Waals surface area contributed by atoms with Gasteiger partial charge in [-0.2, -0.15) is 0 Å². The Morgan fingerprint density at radius 1 is 1.15 bits per heavy atom. The van der Waals surface area contributed by atoms with E-state index in [2.05, 4.69) is 10.2 Å². The van der Waals surface area contributed by atoms with Gasteiger partial charge in [0.1, 0.15) is 0 Å². The van der Waals surface area contributed by atoms with Crippen molar-refractivity contribution < 1.29 is 9.72 Å². The number of Topliss-reactive ketones (excluding diaryl/α,β-unsaturated/α-hetero) is 1. The summed E-state index contributed by atoms with van der Waals surface area (Å²) in [5.41, 5.74) is 1.51. The van der Waals surface area contributed by atoms with Crippen LogP contribution in [0.15, 0.2) is 48.5 Å². The van der Waals surface area contributed by atoms with Crippen molar-refractivity contribution in [2.75, 3.05) is 26.2 Å². The van der Waals surface area contributed by atoms with E-state index in [0.29, 0.717) is 12.1 Å². The molecule has 1 saturated heterocycles. The Morgan fingerprint density at radius 3 is 2.44 bits per heavy atom. The minimum Gasteiger partial charge on any atom is -0.308 e. The first kappa shape index (κ1) is 19.5. The predicted molar refractivity (Wildman–Crippen MR) is 105 cm³/mol. The maximum absolute atomic E-state index is 12.4. The van der Waals surface area contributed by atoms with E-state index in [1.54, 1.807) is 0 Å². The van der Waals surface area contributed by atoms with Gasteiger partial charge in [-0.15, -0.1) is 0 Å². The highest BCUT2D eigenvalue weighted by Gasteiger charge is 2.25. The van der Waals surface area contributed by atoms with E-state index in [0.717, 1.165) is 23.7 Å². The molecule has 7 heteroatoms. The third kappa shape index (κ3) is 4.91. The SMILES string of the molecule is O=C(CNCC(c1ccccc1Cl)N1CCCC1)c1ccc([N+](=O)[O-])cc1. The number of carbonyl (C=O) groups excluding carboxylic acids is 1. The molecule has 1 fully saturated rings. The maximum Gasteiger partial charge on any atom is 0.269 e. The van der Waals surface area contributed by atoms with E-state index in [1.165, 1.54) is 37.1 Å². The number of hydrogen-bond acceptors (Lipinski definition) is 5. The zero-order valence-corrected chi connectivity index (χ0v) is 15.7. The van der Waals surface area contributed by atoms with Crippen LogP contribution in [0.3, 0.4) is 0 Å². The summed E-state index contributed by atoms with van der Waals surface area (Å²) in [5, 5.41) is 14.7. The summed E-state index contributed by atoms with van der Waals surface area (Å²) in [5.74, 6) is -0.0933. The average Bonchev–Trinajstić information content (AvgIpc) is 3.20. The molecule has 2 aromatic carbocycles. The Hall–Kier alpha value is -2.28. The maximum atomic E-state index is 12.4. The number of nitro benzene ring substituents is 1. The lowest BCUT2D eigenvalue weighted by molar-refractivity contribution is -0.384. The fourth-order valence-electron chi connectivity index (χ4n) is 3.43. The molecule has 0 saturated carbocycles. The van der Waals surface area contributed by atoms with Crippen molar-refractivity contribution in [2.24, 2.45) is 0 Å². The highest BCUT2D eigenvalue weighted by atomic mass is 35.5. The van der Waals surface area contributed by atoms with Gasteiger partial charge in [0, 0.05) is 35.3 Å². The molecule has 1 aliphatic heterocycles. The van der Waals surface area contributed by atoms with Crippen molar-refractivity contribution in [3.05, 3.63) is 74.8 Å². The number of benzene rings is 2. The molecule has 1 atom stereocenters. The average molecular weight is 388 g/mol. The molecule has 0 spiro atoms. The van der Waals surface area contributed by atoms with Crippen LogP contribution in [0.25, 0.3) is 0 Å². The molecule has 0 radical (unpaired) electrons. The van der Waals surface area contributed by atoms with Gasteiger partial charge in [0.15, 0.2) is 5.78 Å². The first-order valence-corrected chi connectivity index (χ1v) is 9.41. The summed E-state index contributed by atoms with van der Waals surface area (Å²) < 4.78 is 0. The smallest absolute Gasteiger partial charge is 0.269 e. The molecule has 1 unspecified atom stereocenters. The second-order valence-corrected chi connectivity index (χ2v) is 7.05. The van der Waals surface area contributed by atoms with Gasteiger partial charge in [0.25, 0.3) is 5.69 Å². The van der Waals surface area contributed by atoms with Crippen molar-refractivity contribution in [2.45, 2.75) is 18.9 Å². The van der Waals surface area contributed by atoms with Crippen LogP contribution in [0.4, 0.5) is 5.69 Å². The second kappa shape index (κ2) is 9.08. The number of likely N-dealkylation sites (tertiary alicyclic amines) is 1. The van der Waals surface area contributed by atoms with Crippen LogP contribution in [0.2, 0.25) is 5.02 Å². The Balaban J connectivity index is 1.62. The number of ketones is 1. The quantitative estimate of drug-likeness (QED) is 0.423. The summed E-state index contributed by atoms with van der Waals surface area (Å²) in [7, 11) is 0. The third-order valence-electron chi connectivity index (χ3n) is 4.87. The molecule has 1 heterocycles. The van der Waals surface area contributed by atoms with Gasteiger partial charge in [-0.05, 0) is 49.7 Å². The van der Waals surface area contributed by atoms with E-state index < -0.39 is 4.92 Å². The molecule has 0 aliphatic carbocycles. The van der Waals surface area contributed by atoms with E-state index in [4.69, 9.17) is 11.6 Å². The minimum atomic E-state index is -0.475. The van der Waals surface area contributed by atoms with Gasteiger partial charge in [0.05, 0.1) is 11.5 Å². The fourth-order valence-corrected chi connectivity index (χ4v) is 3.69. The lowest BCUT2D eigenvalue weighted by Gasteiger charge is -2.29. The number of halogens is 1. The monoisotopic (exact) mass is 387 g/mol. The van der Waals surface area contributed by atoms with Gasteiger partial charge in [-0.1, -0.05) is 29.8 Å². The summed E-state index contributed by atoms with van der Waals surface area (Å²) in [6.45, 7) is 2.83. The minimum absolute atomic E-state index is 0.0210. The molecule has 0 bridgehead atoms. The topological polar surface area (TPSA) is 75.5 Å². The van der Waals surface area contributed by atoms with E-state index in [-0.39, 0.29) is 24.1 Å². The van der Waals surface area contributed by atoms with Crippen molar-refractivity contribution in [3.8, 4) is 0 Å². The van der Waals surface area contributed by atoms with Gasteiger partial charge >= 0.3 is 0 Å². The van der Waals surface area contributed by atoms with Gasteiger partial charge in [-0.3, -0.25) is 19.8 Å². The van der Waals surface area contributed by atoms with Crippen LogP contribution in [0.1, 0.15) is 34.8 Å². The van der Waals surface area contributed by atoms with Crippen LogP contribution in [-0.2, 0) is 0 Å². The van der Waals surface area contributed by atoms with Gasteiger partial charge in [-0.25, -0.2) is 0 Å². The van der Waals surface area contributed by atoms with Crippen molar-refractivity contribution >= 4 is 23.1 Å². The highest BCUT2D eigenvalue weighted by Crippen LogP contribution is 2.29. The lowest BCUT2D eigenvalue weighted by Crippen LogP contribution is -2.36. The largest absolute Gasteiger partial charge is 0.308 e. The summed E-state index contributed by atoms with van der Waals surface area (Å²) in [4.78, 5) is 25.0. The predicted octanol–water partition coefficient (Wildman–Crippen LogP) is 3.86. The Morgan fingerprint density at radius 2 is 1.81 bits per heavy atom. The Bertz CT molecular complexity index is 804. The first-order chi connectivity index (χ1) is 13.1. The van der Waals surface area contributed by atoms with Crippen molar-refractivity contribution in [1.82, 2.24) is 10.2 Å². The molecule has 142 valence electrons. The van der Waals surface area contributed by atoms with E-state index in [9.17, 15) is 14.9 Å². The van der Waals surface area contributed by atoms with Crippen LogP contribution in [0, 0.1) is 10.1 Å². The molecule has 2 aromatic rings. The third-order valence-corrected chi connectivity index (χ3v) is 5.21.